The fraction of sp³-hybridized carbons (Fsp3) is 0.263. The van der Waals surface area contributed by atoms with Gasteiger partial charge >= 0.3 is 6.18 Å². The first kappa shape index (κ1) is 21.6. The monoisotopic (exact) mass is 413 g/mol. The van der Waals surface area contributed by atoms with Crippen molar-refractivity contribution < 1.29 is 22.8 Å². The number of carbonyl (C=O) groups excluding carboxylic acids is 2. The van der Waals surface area contributed by atoms with Crippen molar-refractivity contribution in [1.82, 2.24) is 0 Å². The summed E-state index contributed by atoms with van der Waals surface area (Å²) in [6, 6.07) is 8.14. The van der Waals surface area contributed by atoms with E-state index in [2.05, 4.69) is 10.6 Å². The number of rotatable bonds is 6. The van der Waals surface area contributed by atoms with Crippen molar-refractivity contribution in [1.29, 1.82) is 0 Å². The molecule has 0 aliphatic carbocycles. The Morgan fingerprint density at radius 2 is 1.68 bits per heavy atom. The number of benzene rings is 2. The van der Waals surface area contributed by atoms with E-state index < -0.39 is 29.6 Å². The van der Waals surface area contributed by atoms with Crippen molar-refractivity contribution >= 4 is 34.8 Å². The van der Waals surface area contributed by atoms with Gasteiger partial charge in [-0.1, -0.05) is 25.4 Å². The number of halogens is 4. The second kappa shape index (κ2) is 8.52. The third-order valence-corrected chi connectivity index (χ3v) is 4.31. The molecule has 0 saturated carbocycles. The van der Waals surface area contributed by atoms with Gasteiger partial charge in [0.2, 0.25) is 11.8 Å². The largest absolute Gasteiger partial charge is 0.416 e. The number of nitrogens with one attached hydrogen (secondary N) is 2. The number of amides is 2. The summed E-state index contributed by atoms with van der Waals surface area (Å²) in [7, 11) is 0. The van der Waals surface area contributed by atoms with Crippen molar-refractivity contribution in [2.45, 2.75) is 26.1 Å². The summed E-state index contributed by atoms with van der Waals surface area (Å²) in [6.07, 6.45) is -4.51. The van der Waals surface area contributed by atoms with Crippen molar-refractivity contribution in [2.24, 2.45) is 11.7 Å². The summed E-state index contributed by atoms with van der Waals surface area (Å²) in [6.45, 7) is 3.57. The Bertz CT molecular complexity index is 868. The molecular weight excluding hydrogens is 395 g/mol. The van der Waals surface area contributed by atoms with Crippen LogP contribution in [0.2, 0.25) is 5.02 Å². The molecule has 0 bridgehead atoms. The van der Waals surface area contributed by atoms with Crippen LogP contribution in [-0.2, 0) is 11.0 Å². The predicted molar refractivity (Wildman–Crippen MR) is 102 cm³/mol. The highest BCUT2D eigenvalue weighted by Crippen LogP contribution is 2.34. The second-order valence-corrected chi connectivity index (χ2v) is 6.90. The van der Waals surface area contributed by atoms with Gasteiger partial charge in [0.25, 0.3) is 0 Å². The van der Waals surface area contributed by atoms with E-state index in [1.807, 2.05) is 0 Å². The summed E-state index contributed by atoms with van der Waals surface area (Å²) in [5.74, 6) is -1.18. The van der Waals surface area contributed by atoms with Crippen molar-refractivity contribution in [2.75, 3.05) is 10.6 Å². The summed E-state index contributed by atoms with van der Waals surface area (Å²) >= 11 is 5.96. The summed E-state index contributed by atoms with van der Waals surface area (Å²) in [5, 5.41) is 5.44. The fourth-order valence-electron chi connectivity index (χ4n) is 2.45. The number of hydrogen-bond acceptors (Lipinski definition) is 3. The van der Waals surface area contributed by atoms with Gasteiger partial charge in [-0.2, -0.15) is 13.2 Å². The molecule has 5 nitrogen and oxygen atoms in total. The van der Waals surface area contributed by atoms with Crippen LogP contribution >= 0.6 is 11.6 Å². The van der Waals surface area contributed by atoms with Gasteiger partial charge in [0.15, 0.2) is 0 Å². The van der Waals surface area contributed by atoms with Crippen molar-refractivity contribution in [3.63, 3.8) is 0 Å². The SMILES string of the molecule is CC(C)C(Nc1ccc(C(F)(F)F)cc1Cl)C(=O)Nc1ccc(C(N)=O)cc1. The molecule has 2 rings (SSSR count). The summed E-state index contributed by atoms with van der Waals surface area (Å²) in [4.78, 5) is 23.7. The number of anilines is 2. The van der Waals surface area contributed by atoms with Crippen LogP contribution in [0.25, 0.3) is 0 Å². The molecule has 0 spiro atoms. The highest BCUT2D eigenvalue weighted by Gasteiger charge is 2.31. The molecule has 1 atom stereocenters. The Morgan fingerprint density at radius 1 is 1.07 bits per heavy atom. The Hall–Kier alpha value is -2.74. The quantitative estimate of drug-likeness (QED) is 0.650. The Balaban J connectivity index is 2.16. The maximum absolute atomic E-state index is 12.8. The minimum absolute atomic E-state index is 0.140. The molecule has 0 aromatic heterocycles. The maximum atomic E-state index is 12.8. The van der Waals surface area contributed by atoms with E-state index in [1.165, 1.54) is 30.3 Å². The number of carbonyl (C=O) groups is 2. The summed E-state index contributed by atoms with van der Waals surface area (Å²) < 4.78 is 38.3. The van der Waals surface area contributed by atoms with Crippen molar-refractivity contribution in [3.05, 3.63) is 58.6 Å². The lowest BCUT2D eigenvalue weighted by atomic mass is 10.0. The number of nitrogens with two attached hydrogens (primary N) is 1. The topological polar surface area (TPSA) is 84.2 Å². The van der Waals surface area contributed by atoms with E-state index >= 15 is 0 Å². The number of hydrogen-bond donors (Lipinski definition) is 3. The van der Waals surface area contributed by atoms with Gasteiger partial charge in [-0.15, -0.1) is 0 Å². The molecule has 28 heavy (non-hydrogen) atoms. The zero-order chi connectivity index (χ0) is 21.1. The fourth-order valence-corrected chi connectivity index (χ4v) is 2.68. The van der Waals surface area contributed by atoms with Gasteiger partial charge < -0.3 is 16.4 Å². The molecule has 0 saturated heterocycles. The third kappa shape index (κ3) is 5.39. The lowest BCUT2D eigenvalue weighted by molar-refractivity contribution is -0.137. The first-order valence-electron chi connectivity index (χ1n) is 8.33. The van der Waals surface area contributed by atoms with Gasteiger partial charge in [0.05, 0.1) is 16.3 Å². The average Bonchev–Trinajstić information content (AvgIpc) is 2.59. The molecule has 0 heterocycles. The van der Waals surface area contributed by atoms with Crippen LogP contribution < -0.4 is 16.4 Å². The van der Waals surface area contributed by atoms with Crippen LogP contribution in [0.4, 0.5) is 24.5 Å². The van der Waals surface area contributed by atoms with E-state index in [9.17, 15) is 22.8 Å². The lowest BCUT2D eigenvalue weighted by Crippen LogP contribution is -2.39. The first-order valence-corrected chi connectivity index (χ1v) is 8.71. The normalized spacial score (nSPS) is 12.5. The molecule has 0 aliphatic rings. The molecule has 4 N–H and O–H groups in total. The van der Waals surface area contributed by atoms with Gasteiger partial charge in [-0.25, -0.2) is 0 Å². The first-order chi connectivity index (χ1) is 13.0. The van der Waals surface area contributed by atoms with Crippen molar-refractivity contribution in [3.8, 4) is 0 Å². The summed E-state index contributed by atoms with van der Waals surface area (Å²) in [5.41, 5.74) is 5.26. The molecule has 1 unspecified atom stereocenters. The highest BCUT2D eigenvalue weighted by molar-refractivity contribution is 6.33. The van der Waals surface area contributed by atoms with Gasteiger partial charge in [0.1, 0.15) is 6.04 Å². The van der Waals surface area contributed by atoms with Gasteiger partial charge in [-0.3, -0.25) is 9.59 Å². The molecule has 150 valence electrons. The molecule has 2 aromatic rings. The molecule has 9 heteroatoms. The third-order valence-electron chi connectivity index (χ3n) is 3.99. The molecule has 2 amide bonds. The minimum Gasteiger partial charge on any atom is -0.372 e. The predicted octanol–water partition coefficient (Wildman–Crippen LogP) is 4.53. The maximum Gasteiger partial charge on any atom is 0.416 e. The molecule has 2 aromatic carbocycles. The zero-order valence-electron chi connectivity index (χ0n) is 15.1. The van der Waals surface area contributed by atoms with Gasteiger partial charge in [0, 0.05) is 11.3 Å². The standard InChI is InChI=1S/C19H19ClF3N3O2/c1-10(2)16(18(28)25-13-6-3-11(4-7-13)17(24)27)26-15-8-5-12(9-14(15)20)19(21,22)23/h3-10,16,26H,1-2H3,(H2,24,27)(H,25,28). The van der Waals surface area contributed by atoms with Crippen LogP contribution in [0.15, 0.2) is 42.5 Å². The number of primary amides is 1. The van der Waals surface area contributed by atoms with Crippen LogP contribution in [0.1, 0.15) is 29.8 Å². The zero-order valence-corrected chi connectivity index (χ0v) is 15.9. The van der Waals surface area contributed by atoms with Crippen LogP contribution in [-0.4, -0.2) is 17.9 Å². The van der Waals surface area contributed by atoms with E-state index in [-0.39, 0.29) is 16.6 Å². The van der Waals surface area contributed by atoms with Gasteiger partial charge in [-0.05, 0) is 48.4 Å². The van der Waals surface area contributed by atoms with Crippen LogP contribution in [0.3, 0.4) is 0 Å². The Morgan fingerprint density at radius 3 is 2.14 bits per heavy atom. The van der Waals surface area contributed by atoms with Crippen LogP contribution in [0.5, 0.6) is 0 Å². The Labute approximate surface area is 165 Å². The Kier molecular flexibility index (Phi) is 6.56. The molecule has 0 fully saturated rings. The van der Waals surface area contributed by atoms with E-state index in [4.69, 9.17) is 17.3 Å². The second-order valence-electron chi connectivity index (χ2n) is 6.49. The minimum atomic E-state index is -4.51. The van der Waals surface area contributed by atoms with Crippen LogP contribution in [0, 0.1) is 5.92 Å². The molecular formula is C19H19ClF3N3O2. The van der Waals surface area contributed by atoms with E-state index in [0.29, 0.717) is 11.3 Å². The average molecular weight is 414 g/mol. The lowest BCUT2D eigenvalue weighted by Gasteiger charge is -2.24. The van der Waals surface area contributed by atoms with E-state index in [0.717, 1.165) is 12.1 Å². The highest BCUT2D eigenvalue weighted by atomic mass is 35.5. The molecule has 0 aliphatic heterocycles. The van der Waals surface area contributed by atoms with E-state index in [1.54, 1.807) is 13.8 Å². The molecule has 0 radical (unpaired) electrons. The number of alkyl halides is 3. The smallest absolute Gasteiger partial charge is 0.372 e.